The highest BCUT2D eigenvalue weighted by Gasteiger charge is 2.63. The van der Waals surface area contributed by atoms with E-state index in [9.17, 15) is 34.5 Å². The third kappa shape index (κ3) is 5.45. The number of aliphatic imine (C=N–C) groups is 1. The van der Waals surface area contributed by atoms with Crippen LogP contribution >= 0.6 is 7.82 Å². The Hall–Kier alpha value is -1.97. The zero-order chi connectivity index (χ0) is 29.0. The summed E-state index contributed by atoms with van der Waals surface area (Å²) in [5.74, 6) is -3.14. The Morgan fingerprint density at radius 1 is 1.23 bits per heavy atom. The lowest BCUT2D eigenvalue weighted by Gasteiger charge is -2.58. The smallest absolute Gasteiger partial charge is 0.402 e. The largest absolute Gasteiger partial charge is 0.524 e. The predicted octanol–water partition coefficient (Wildman–Crippen LogP) is -0.381. The molecule has 222 valence electrons. The zero-order valence-electron chi connectivity index (χ0n) is 22.3. The number of amides is 1. The van der Waals surface area contributed by atoms with Gasteiger partial charge in [-0.2, -0.15) is 0 Å². The van der Waals surface area contributed by atoms with E-state index in [4.69, 9.17) is 18.7 Å². The molecule has 3 heterocycles. The van der Waals surface area contributed by atoms with E-state index < -0.39 is 74.3 Å². The molecule has 3 fully saturated rings. The fraction of sp³-hybridized carbons (Fsp3) is 0.680. The van der Waals surface area contributed by atoms with Crippen LogP contribution in [0.3, 0.4) is 0 Å². The number of carbonyl (C=O) groups excluding carboxylic acids is 1. The average Bonchev–Trinajstić information content (AvgIpc) is 3.27. The minimum atomic E-state index is -4.80. The molecule has 3 aliphatic heterocycles. The molecular formula is C25H36N3O11P. The number of phosphoric acid groups is 1. The standard InChI is InChI=1S/C25H36N3O11P/c1-4-14-20(30)19(26-3)22-23(21(14)31)37-24-25(32,38-22)16(8-11(2)36-24)28-17(29)10-13-9-12-6-5-7-15(18(12)27-13)39-40(33,34)35/h5-7,11,14,16,19-24,26,30-32H,4,8-10H2,1-3H3,(H,28,29)(H2,33,34,35)/t11-,14-,16-,19+,20+,21+,22-,23-,24+,25+/m1/s1. The van der Waals surface area contributed by atoms with E-state index in [1.165, 1.54) is 6.07 Å². The first-order valence-electron chi connectivity index (χ1n) is 13.3. The van der Waals surface area contributed by atoms with Crippen molar-refractivity contribution in [1.82, 2.24) is 10.6 Å². The first kappa shape index (κ1) is 29.5. The van der Waals surface area contributed by atoms with E-state index in [1.54, 1.807) is 26.1 Å². The van der Waals surface area contributed by atoms with Gasteiger partial charge < -0.3 is 44.7 Å². The maximum absolute atomic E-state index is 13.2. The van der Waals surface area contributed by atoms with Gasteiger partial charge in [-0.15, -0.1) is 0 Å². The summed E-state index contributed by atoms with van der Waals surface area (Å²) in [6.45, 7) is 3.62. The number of aliphatic hydroxyl groups is 3. The molecule has 0 unspecified atom stereocenters. The summed E-state index contributed by atoms with van der Waals surface area (Å²) in [6, 6.07) is 3.08. The maximum Gasteiger partial charge on any atom is 0.524 e. The van der Waals surface area contributed by atoms with Crippen molar-refractivity contribution in [2.75, 3.05) is 7.05 Å². The van der Waals surface area contributed by atoms with Crippen molar-refractivity contribution in [3.63, 3.8) is 0 Å². The number of aliphatic hydroxyl groups excluding tert-OH is 2. The SMILES string of the molecule is CC[C@@H]1[C@H](O)[C@H](NC)[C@H]2O[C@]3(O)[C@H](O[C@@H]2[C@H]1O)O[C@H](C)C[C@H]3NC(=O)CC1=Nc2c(cccc2OP(=O)(O)O)C1. The van der Waals surface area contributed by atoms with Crippen LogP contribution in [0.15, 0.2) is 23.2 Å². The molecule has 7 N–H and O–H groups in total. The summed E-state index contributed by atoms with van der Waals surface area (Å²) < 4.78 is 34.1. The van der Waals surface area contributed by atoms with Crippen molar-refractivity contribution in [2.45, 2.75) is 94.2 Å². The summed E-state index contributed by atoms with van der Waals surface area (Å²) in [7, 11) is -3.16. The molecule has 2 saturated heterocycles. The lowest BCUT2D eigenvalue weighted by atomic mass is 9.74. The van der Waals surface area contributed by atoms with Gasteiger partial charge in [0.25, 0.3) is 0 Å². The number of benzene rings is 1. The quantitative estimate of drug-likeness (QED) is 0.204. The number of hydrogen-bond donors (Lipinski definition) is 7. The van der Waals surface area contributed by atoms with Crippen LogP contribution in [0.25, 0.3) is 0 Å². The minimum Gasteiger partial charge on any atom is -0.402 e. The molecule has 1 saturated carbocycles. The van der Waals surface area contributed by atoms with Gasteiger partial charge in [0.05, 0.1) is 36.8 Å². The summed E-state index contributed by atoms with van der Waals surface area (Å²) in [5.41, 5.74) is 1.35. The van der Waals surface area contributed by atoms with Gasteiger partial charge in [0, 0.05) is 18.1 Å². The van der Waals surface area contributed by atoms with Crippen molar-refractivity contribution in [1.29, 1.82) is 0 Å². The number of hydrogen-bond acceptors (Lipinski definition) is 11. The van der Waals surface area contributed by atoms with Crippen LogP contribution in [0.2, 0.25) is 0 Å². The monoisotopic (exact) mass is 585 g/mol. The molecule has 40 heavy (non-hydrogen) atoms. The lowest BCUT2D eigenvalue weighted by molar-refractivity contribution is -0.450. The molecule has 1 amide bonds. The van der Waals surface area contributed by atoms with Gasteiger partial charge in [-0.25, -0.2) is 4.57 Å². The van der Waals surface area contributed by atoms with Crippen molar-refractivity contribution >= 4 is 25.1 Å². The zero-order valence-corrected chi connectivity index (χ0v) is 23.2. The molecule has 14 nitrogen and oxygen atoms in total. The number of ether oxygens (including phenoxy) is 3. The number of fused-ring (bicyclic) bond motifs is 3. The highest BCUT2D eigenvalue weighted by molar-refractivity contribution is 7.46. The second kappa shape index (κ2) is 11.0. The molecule has 15 heteroatoms. The summed E-state index contributed by atoms with van der Waals surface area (Å²) in [5, 5.41) is 39.4. The summed E-state index contributed by atoms with van der Waals surface area (Å²) >= 11 is 0. The number of carbonyl (C=O) groups is 1. The second-order valence-electron chi connectivity index (χ2n) is 10.8. The average molecular weight is 586 g/mol. The third-order valence-electron chi connectivity index (χ3n) is 8.09. The van der Waals surface area contributed by atoms with Gasteiger partial charge in [-0.1, -0.05) is 19.1 Å². The van der Waals surface area contributed by atoms with Crippen LogP contribution in [0.5, 0.6) is 5.75 Å². The third-order valence-corrected chi connectivity index (χ3v) is 8.53. The maximum atomic E-state index is 13.2. The summed E-state index contributed by atoms with van der Waals surface area (Å²) in [4.78, 5) is 35.9. The first-order chi connectivity index (χ1) is 18.8. The van der Waals surface area contributed by atoms with Crippen LogP contribution in [0.4, 0.5) is 5.69 Å². The molecule has 1 aromatic rings. The Kier molecular flexibility index (Phi) is 8.14. The highest BCUT2D eigenvalue weighted by atomic mass is 31.2. The van der Waals surface area contributed by atoms with Crippen LogP contribution in [0, 0.1) is 5.92 Å². The van der Waals surface area contributed by atoms with Gasteiger partial charge in [0.2, 0.25) is 18.0 Å². The fourth-order valence-electron chi connectivity index (χ4n) is 6.23. The molecule has 5 rings (SSSR count). The van der Waals surface area contributed by atoms with E-state index in [0.29, 0.717) is 17.7 Å². The molecule has 10 atom stereocenters. The predicted molar refractivity (Wildman–Crippen MR) is 139 cm³/mol. The molecular weight excluding hydrogens is 549 g/mol. The van der Waals surface area contributed by atoms with E-state index >= 15 is 0 Å². The van der Waals surface area contributed by atoms with Crippen molar-refractivity contribution < 1.29 is 53.2 Å². The molecule has 0 bridgehead atoms. The van der Waals surface area contributed by atoms with Crippen LogP contribution in [0.1, 0.15) is 38.7 Å². The highest BCUT2D eigenvalue weighted by Crippen LogP contribution is 2.46. The molecule has 0 radical (unpaired) electrons. The van der Waals surface area contributed by atoms with Crippen molar-refractivity contribution in [2.24, 2.45) is 10.9 Å². The molecule has 0 aromatic heterocycles. The molecule has 1 aliphatic carbocycles. The van der Waals surface area contributed by atoms with E-state index in [0.717, 1.165) is 0 Å². The molecule has 0 spiro atoms. The Morgan fingerprint density at radius 3 is 2.65 bits per heavy atom. The Labute approximate surface area is 230 Å². The van der Waals surface area contributed by atoms with Gasteiger partial charge in [0.1, 0.15) is 17.9 Å². The molecule has 4 aliphatic rings. The van der Waals surface area contributed by atoms with Crippen LogP contribution < -0.4 is 15.2 Å². The number of likely N-dealkylation sites (N-methyl/N-ethyl adjacent to an activating group) is 1. The van der Waals surface area contributed by atoms with E-state index in [-0.39, 0.29) is 30.7 Å². The van der Waals surface area contributed by atoms with Crippen LogP contribution in [-0.4, -0.2) is 98.5 Å². The second-order valence-corrected chi connectivity index (χ2v) is 12.0. The Balaban J connectivity index is 1.32. The van der Waals surface area contributed by atoms with Crippen LogP contribution in [-0.2, 0) is 30.0 Å². The number of phosphoric ester groups is 1. The van der Waals surface area contributed by atoms with Gasteiger partial charge >= 0.3 is 7.82 Å². The molecule has 1 aromatic carbocycles. The Bertz CT molecular complexity index is 1210. The topological polar surface area (TPSA) is 209 Å². The number of nitrogens with zero attached hydrogens (tertiary/aromatic N) is 1. The lowest BCUT2D eigenvalue weighted by Crippen LogP contribution is -2.77. The Morgan fingerprint density at radius 2 is 1.98 bits per heavy atom. The summed E-state index contributed by atoms with van der Waals surface area (Å²) in [6.07, 6.45) is -4.75. The van der Waals surface area contributed by atoms with E-state index in [1.807, 2.05) is 6.92 Å². The first-order valence-corrected chi connectivity index (χ1v) is 14.8. The van der Waals surface area contributed by atoms with Gasteiger partial charge in [0.15, 0.2) is 5.75 Å². The van der Waals surface area contributed by atoms with Gasteiger partial charge in [-0.05, 0) is 38.4 Å². The number of para-hydroxylation sites is 1. The normalized spacial score (nSPS) is 39.0. The number of nitrogens with one attached hydrogen (secondary N) is 2. The fourth-order valence-corrected chi connectivity index (χ4v) is 6.63. The minimum absolute atomic E-state index is 0.0831. The van der Waals surface area contributed by atoms with Gasteiger partial charge in [-0.3, -0.25) is 19.6 Å². The van der Waals surface area contributed by atoms with E-state index in [2.05, 4.69) is 15.6 Å². The number of rotatable bonds is 7. The van der Waals surface area contributed by atoms with Crippen molar-refractivity contribution in [3.05, 3.63) is 23.8 Å². The van der Waals surface area contributed by atoms with Crippen molar-refractivity contribution in [3.8, 4) is 5.75 Å².